The first-order chi connectivity index (χ1) is 7.90. The number of pyridine rings is 1. The van der Waals surface area contributed by atoms with Crippen LogP contribution in [0.3, 0.4) is 0 Å². The Balaban J connectivity index is 0.00000289. The predicted octanol–water partition coefficient (Wildman–Crippen LogP) is 1.12. The molecule has 0 spiro atoms. The molecule has 5 nitrogen and oxygen atoms in total. The summed E-state index contributed by atoms with van der Waals surface area (Å²) in [6.07, 6.45) is 2.21. The molecule has 102 valence electrons. The highest BCUT2D eigenvalue weighted by Gasteiger charge is 2.15. The third-order valence-electron chi connectivity index (χ3n) is 2.42. The van der Waals surface area contributed by atoms with Crippen LogP contribution in [0.25, 0.3) is 0 Å². The number of nitrogens with zero attached hydrogens (tertiary/aromatic N) is 1. The molecule has 1 aromatic heterocycles. The molecule has 0 unspecified atom stereocenters. The van der Waals surface area contributed by atoms with Gasteiger partial charge in [0, 0.05) is 19.3 Å². The first-order valence-electron chi connectivity index (χ1n) is 5.63. The van der Waals surface area contributed by atoms with E-state index >= 15 is 0 Å². The minimum absolute atomic E-state index is 0. The summed E-state index contributed by atoms with van der Waals surface area (Å²) in [4.78, 5) is 22.9. The fraction of sp³-hybridized carbons (Fsp3) is 0.500. The number of aryl methyl sites for hydroxylation is 1. The lowest BCUT2D eigenvalue weighted by atomic mass is 10.0. The molecule has 0 bridgehead atoms. The van der Waals surface area contributed by atoms with Crippen molar-refractivity contribution in [1.82, 2.24) is 4.57 Å². The smallest absolute Gasteiger partial charge is 0.250 e. The molecule has 1 aromatic rings. The van der Waals surface area contributed by atoms with Crippen molar-refractivity contribution in [2.75, 3.05) is 5.32 Å². The van der Waals surface area contributed by atoms with E-state index in [-0.39, 0.29) is 23.9 Å². The molecule has 0 saturated carbocycles. The second-order valence-corrected chi connectivity index (χ2v) is 4.59. The molecule has 1 rings (SSSR count). The zero-order valence-electron chi connectivity index (χ0n) is 10.8. The van der Waals surface area contributed by atoms with Crippen LogP contribution in [0.4, 0.5) is 5.69 Å². The van der Waals surface area contributed by atoms with E-state index in [0.717, 1.165) is 0 Å². The van der Waals surface area contributed by atoms with Crippen LogP contribution in [0.5, 0.6) is 0 Å². The van der Waals surface area contributed by atoms with Crippen LogP contribution in [0.1, 0.15) is 20.3 Å². The number of carbonyl (C=O) groups excluding carboxylic acids is 1. The molecule has 0 aromatic carbocycles. The fourth-order valence-electron chi connectivity index (χ4n) is 1.52. The summed E-state index contributed by atoms with van der Waals surface area (Å²) in [5.74, 6) is 0.147. The predicted molar refractivity (Wildman–Crippen MR) is 75.0 cm³/mol. The molecule has 6 heteroatoms. The van der Waals surface area contributed by atoms with Gasteiger partial charge in [-0.1, -0.05) is 13.8 Å². The zero-order chi connectivity index (χ0) is 13.0. The minimum Gasteiger partial charge on any atom is -0.323 e. The van der Waals surface area contributed by atoms with Crippen molar-refractivity contribution in [3.05, 3.63) is 28.7 Å². The second kappa shape index (κ2) is 7.18. The van der Waals surface area contributed by atoms with Crippen molar-refractivity contribution in [1.29, 1.82) is 0 Å². The Kier molecular flexibility index (Phi) is 6.65. The number of halogens is 1. The van der Waals surface area contributed by atoms with Crippen molar-refractivity contribution in [3.8, 4) is 0 Å². The molecule has 3 N–H and O–H groups in total. The van der Waals surface area contributed by atoms with Gasteiger partial charge in [-0.2, -0.15) is 0 Å². The highest BCUT2D eigenvalue weighted by atomic mass is 35.5. The third kappa shape index (κ3) is 4.89. The van der Waals surface area contributed by atoms with E-state index in [0.29, 0.717) is 18.0 Å². The largest absolute Gasteiger partial charge is 0.323 e. The maximum Gasteiger partial charge on any atom is 0.250 e. The molecule has 1 amide bonds. The number of amides is 1. The standard InChI is InChI=1S/C12H19N3O2.ClH/c1-8(2)6-10(13)12(17)14-9-4-5-11(16)15(3)7-9;/h4-5,7-8,10H,6,13H2,1-3H3,(H,14,17);1H/t10-;/m0./s1. The average molecular weight is 274 g/mol. The van der Waals surface area contributed by atoms with E-state index in [1.165, 1.54) is 10.6 Å². The highest BCUT2D eigenvalue weighted by Crippen LogP contribution is 2.07. The van der Waals surface area contributed by atoms with Gasteiger partial charge < -0.3 is 15.6 Å². The number of hydrogen-bond donors (Lipinski definition) is 2. The summed E-state index contributed by atoms with van der Waals surface area (Å²) in [5, 5.41) is 2.69. The number of nitrogens with one attached hydrogen (secondary N) is 1. The SMILES string of the molecule is CC(C)C[C@H](N)C(=O)Nc1ccc(=O)n(C)c1.Cl. The van der Waals surface area contributed by atoms with Crippen molar-refractivity contribution >= 4 is 24.0 Å². The zero-order valence-corrected chi connectivity index (χ0v) is 11.7. The number of carbonyl (C=O) groups is 1. The van der Waals surface area contributed by atoms with Crippen LogP contribution in [-0.2, 0) is 11.8 Å². The Morgan fingerprint density at radius 3 is 2.56 bits per heavy atom. The Labute approximate surface area is 113 Å². The van der Waals surface area contributed by atoms with Gasteiger partial charge in [-0.15, -0.1) is 12.4 Å². The van der Waals surface area contributed by atoms with Gasteiger partial charge in [-0.3, -0.25) is 9.59 Å². The molecule has 0 aliphatic carbocycles. The number of anilines is 1. The second-order valence-electron chi connectivity index (χ2n) is 4.59. The molecule has 0 radical (unpaired) electrons. The van der Waals surface area contributed by atoms with Gasteiger partial charge in [-0.25, -0.2) is 0 Å². The number of aromatic nitrogens is 1. The summed E-state index contributed by atoms with van der Waals surface area (Å²) >= 11 is 0. The number of hydrogen-bond acceptors (Lipinski definition) is 3. The summed E-state index contributed by atoms with van der Waals surface area (Å²) in [6.45, 7) is 4.03. The van der Waals surface area contributed by atoms with E-state index in [2.05, 4.69) is 5.32 Å². The summed E-state index contributed by atoms with van der Waals surface area (Å²) < 4.78 is 1.41. The van der Waals surface area contributed by atoms with Gasteiger partial charge in [0.05, 0.1) is 11.7 Å². The molecule has 1 atom stereocenters. The van der Waals surface area contributed by atoms with Gasteiger partial charge in [-0.05, 0) is 18.4 Å². The summed E-state index contributed by atoms with van der Waals surface area (Å²) in [6, 6.07) is 2.46. The molecule has 18 heavy (non-hydrogen) atoms. The Morgan fingerprint density at radius 1 is 1.44 bits per heavy atom. The van der Waals surface area contributed by atoms with Gasteiger partial charge >= 0.3 is 0 Å². The average Bonchev–Trinajstić information content (AvgIpc) is 2.22. The van der Waals surface area contributed by atoms with Crippen LogP contribution >= 0.6 is 12.4 Å². The Morgan fingerprint density at radius 2 is 2.06 bits per heavy atom. The molecule has 0 aliphatic rings. The first-order valence-corrected chi connectivity index (χ1v) is 5.63. The first kappa shape index (κ1) is 16.7. The van der Waals surface area contributed by atoms with Gasteiger partial charge in [0.15, 0.2) is 0 Å². The van der Waals surface area contributed by atoms with Crippen LogP contribution in [0.15, 0.2) is 23.1 Å². The summed E-state index contributed by atoms with van der Waals surface area (Å²) in [5.41, 5.74) is 6.22. The van der Waals surface area contributed by atoms with Crippen molar-refractivity contribution in [3.63, 3.8) is 0 Å². The lowest BCUT2D eigenvalue weighted by molar-refractivity contribution is -0.117. The quantitative estimate of drug-likeness (QED) is 0.863. The van der Waals surface area contributed by atoms with E-state index < -0.39 is 6.04 Å². The van der Waals surface area contributed by atoms with Crippen LogP contribution in [0.2, 0.25) is 0 Å². The van der Waals surface area contributed by atoms with Crippen LogP contribution < -0.4 is 16.6 Å². The number of nitrogens with two attached hydrogens (primary N) is 1. The molecule has 1 heterocycles. The third-order valence-corrected chi connectivity index (χ3v) is 2.42. The lowest BCUT2D eigenvalue weighted by Gasteiger charge is -2.14. The molecule has 0 fully saturated rings. The van der Waals surface area contributed by atoms with E-state index in [1.807, 2.05) is 13.8 Å². The molecule has 0 saturated heterocycles. The topological polar surface area (TPSA) is 77.1 Å². The highest BCUT2D eigenvalue weighted by molar-refractivity contribution is 5.94. The maximum absolute atomic E-state index is 11.7. The van der Waals surface area contributed by atoms with Gasteiger partial charge in [0.1, 0.15) is 0 Å². The van der Waals surface area contributed by atoms with Crippen LogP contribution in [-0.4, -0.2) is 16.5 Å². The normalized spacial score (nSPS) is 11.8. The number of rotatable bonds is 4. The van der Waals surface area contributed by atoms with E-state index in [4.69, 9.17) is 5.73 Å². The van der Waals surface area contributed by atoms with E-state index in [1.54, 1.807) is 19.3 Å². The Bertz CT molecular complexity index is 457. The van der Waals surface area contributed by atoms with Gasteiger partial charge in [0.2, 0.25) is 11.5 Å². The van der Waals surface area contributed by atoms with Crippen LogP contribution in [0, 0.1) is 5.92 Å². The minimum atomic E-state index is -0.521. The summed E-state index contributed by atoms with van der Waals surface area (Å²) in [7, 11) is 1.63. The van der Waals surface area contributed by atoms with Crippen molar-refractivity contribution in [2.45, 2.75) is 26.3 Å². The Hall–Kier alpha value is -1.33. The van der Waals surface area contributed by atoms with E-state index in [9.17, 15) is 9.59 Å². The molecular weight excluding hydrogens is 254 g/mol. The lowest BCUT2D eigenvalue weighted by Crippen LogP contribution is -2.36. The monoisotopic (exact) mass is 273 g/mol. The van der Waals surface area contributed by atoms with Crippen molar-refractivity contribution in [2.24, 2.45) is 18.7 Å². The molecular formula is C12H20ClN3O2. The maximum atomic E-state index is 11.7. The van der Waals surface area contributed by atoms with Gasteiger partial charge in [0.25, 0.3) is 0 Å². The van der Waals surface area contributed by atoms with Crippen molar-refractivity contribution < 1.29 is 4.79 Å². The fourth-order valence-corrected chi connectivity index (χ4v) is 1.52. The molecule has 0 aliphatic heterocycles.